The Balaban J connectivity index is 0.000000387. The van der Waals surface area contributed by atoms with Crippen molar-refractivity contribution in [1.82, 2.24) is 0 Å². The quantitative estimate of drug-likeness (QED) is 0.360. The van der Waals surface area contributed by atoms with E-state index < -0.39 is 29.5 Å². The molecule has 0 radical (unpaired) electrons. The second-order valence-corrected chi connectivity index (χ2v) is 13.9. The summed E-state index contributed by atoms with van der Waals surface area (Å²) in [5.41, 5.74) is -3.07. The van der Waals surface area contributed by atoms with Gasteiger partial charge in [0.2, 0.25) is 0 Å². The average molecular weight is 534 g/mol. The zero-order valence-electron chi connectivity index (χ0n) is 14.6. The van der Waals surface area contributed by atoms with Crippen LogP contribution in [0.5, 0.6) is 0 Å². The first-order chi connectivity index (χ1) is 12.5. The van der Waals surface area contributed by atoms with E-state index in [0.29, 0.717) is 0 Å². The van der Waals surface area contributed by atoms with Crippen molar-refractivity contribution in [3.63, 3.8) is 0 Å². The molecule has 0 fully saturated rings. The standard InChI is InChI=1S/C16H19OSe2.CHF3O3S/c1-19(2)12-14-8-4-6-10-16(14)18-15-9-5-3-7-13(15)11-17;2-1(3,4)8(5,6)7/h3-10,17H,11-12H2,1-2H3;(H,5,6,7)/q+1;/p-1. The van der Waals surface area contributed by atoms with Crippen molar-refractivity contribution in [2.24, 2.45) is 0 Å². The maximum absolute atomic E-state index is 10.7. The summed E-state index contributed by atoms with van der Waals surface area (Å²) in [6, 6.07) is 17.0. The molecule has 0 aliphatic carbocycles. The third kappa shape index (κ3) is 8.35. The molecular weight excluding hydrogens is 515 g/mol. The number of hydrogen-bond acceptors (Lipinski definition) is 4. The van der Waals surface area contributed by atoms with Gasteiger partial charge >= 0.3 is 132 Å². The topological polar surface area (TPSA) is 77.4 Å². The molecule has 0 saturated carbocycles. The van der Waals surface area contributed by atoms with E-state index in [1.54, 1.807) is 0 Å². The van der Waals surface area contributed by atoms with Gasteiger partial charge < -0.3 is 4.55 Å². The Bertz CT molecular complexity index is 840. The number of rotatable bonds is 5. The largest absolute Gasteiger partial charge is 0.741 e. The van der Waals surface area contributed by atoms with Crippen LogP contribution in [0.2, 0.25) is 11.6 Å². The number of halogens is 3. The Hall–Kier alpha value is -0.861. The van der Waals surface area contributed by atoms with Gasteiger partial charge in [0.1, 0.15) is 0 Å². The number of hydrogen-bond donors (Lipinski definition) is 1. The number of aliphatic hydroxyl groups is 1. The Morgan fingerprint density at radius 1 is 1.00 bits per heavy atom. The van der Waals surface area contributed by atoms with Crippen LogP contribution in [-0.4, -0.2) is 52.4 Å². The molecular formula is C17H19F3O4SSe2. The normalized spacial score (nSPS) is 11.9. The second kappa shape index (κ2) is 10.6. The fraction of sp³-hybridized carbons (Fsp3) is 0.294. The molecule has 0 saturated heterocycles. The first-order valence-corrected chi connectivity index (χ1v) is 15.2. The molecule has 0 unspecified atom stereocenters. The molecule has 0 aromatic heterocycles. The molecule has 2 rings (SSSR count). The van der Waals surface area contributed by atoms with Crippen LogP contribution in [-0.2, 0) is 22.0 Å². The fourth-order valence-electron chi connectivity index (χ4n) is 1.89. The van der Waals surface area contributed by atoms with Gasteiger partial charge in [0, 0.05) is 0 Å². The molecule has 0 aliphatic rings. The molecule has 150 valence electrons. The third-order valence-electron chi connectivity index (χ3n) is 3.06. The van der Waals surface area contributed by atoms with E-state index >= 15 is 0 Å². The molecule has 27 heavy (non-hydrogen) atoms. The van der Waals surface area contributed by atoms with Gasteiger partial charge in [-0.1, -0.05) is 0 Å². The SMILES string of the molecule is C[Se+](C)Cc1ccccc1[Se]c1ccccc1CO.O=S(=O)([O-])C(F)(F)F. The van der Waals surface area contributed by atoms with Gasteiger partial charge in [-0.25, -0.2) is 8.42 Å². The van der Waals surface area contributed by atoms with E-state index in [4.69, 9.17) is 13.0 Å². The third-order valence-corrected chi connectivity index (χ3v) is 8.09. The predicted molar refractivity (Wildman–Crippen MR) is 101 cm³/mol. The van der Waals surface area contributed by atoms with Crippen LogP contribution in [0, 0.1) is 0 Å². The summed E-state index contributed by atoms with van der Waals surface area (Å²) in [6.07, 6.45) is 0. The van der Waals surface area contributed by atoms with Crippen molar-refractivity contribution < 1.29 is 31.2 Å². The maximum Gasteiger partial charge on any atom is 0.485 e. The van der Waals surface area contributed by atoms with Crippen LogP contribution in [0.4, 0.5) is 13.2 Å². The summed E-state index contributed by atoms with van der Waals surface area (Å²) in [6.45, 7) is 0.137. The molecule has 4 nitrogen and oxygen atoms in total. The van der Waals surface area contributed by atoms with E-state index in [0.717, 1.165) is 5.56 Å². The van der Waals surface area contributed by atoms with Gasteiger partial charge in [-0.2, -0.15) is 13.2 Å². The van der Waals surface area contributed by atoms with Gasteiger partial charge in [0.05, 0.1) is 0 Å². The van der Waals surface area contributed by atoms with E-state index in [1.807, 2.05) is 12.1 Å². The molecule has 2 aromatic rings. The van der Waals surface area contributed by atoms with Crippen molar-refractivity contribution >= 4 is 47.9 Å². The number of alkyl halides is 3. The van der Waals surface area contributed by atoms with Crippen molar-refractivity contribution in [2.45, 2.75) is 29.1 Å². The van der Waals surface area contributed by atoms with Crippen LogP contribution in [0.1, 0.15) is 11.1 Å². The Kier molecular flexibility index (Phi) is 9.51. The van der Waals surface area contributed by atoms with Crippen LogP contribution in [0.15, 0.2) is 48.5 Å². The van der Waals surface area contributed by atoms with Crippen molar-refractivity contribution in [3.05, 3.63) is 59.7 Å². The molecule has 0 spiro atoms. The first kappa shape index (κ1) is 24.2. The smallest absolute Gasteiger partial charge is 0.485 e. The van der Waals surface area contributed by atoms with Crippen molar-refractivity contribution in [1.29, 1.82) is 0 Å². The summed E-state index contributed by atoms with van der Waals surface area (Å²) in [4.78, 5) is 0. The van der Waals surface area contributed by atoms with E-state index in [1.165, 1.54) is 19.8 Å². The Morgan fingerprint density at radius 3 is 1.81 bits per heavy atom. The van der Waals surface area contributed by atoms with Crippen LogP contribution in [0.3, 0.4) is 0 Å². The summed E-state index contributed by atoms with van der Waals surface area (Å²) < 4.78 is 61.7. The fourth-order valence-corrected chi connectivity index (χ4v) is 6.42. The zero-order valence-corrected chi connectivity index (χ0v) is 18.8. The van der Waals surface area contributed by atoms with E-state index in [9.17, 15) is 18.3 Å². The minimum absolute atomic E-state index is 0.137. The second-order valence-electron chi connectivity index (χ2n) is 5.51. The minimum Gasteiger partial charge on any atom is -0.741 e. The van der Waals surface area contributed by atoms with Gasteiger partial charge in [0.25, 0.3) is 0 Å². The zero-order chi connectivity index (χ0) is 20.7. The van der Waals surface area contributed by atoms with Gasteiger partial charge in [0.15, 0.2) is 10.1 Å². The molecule has 0 aliphatic heterocycles. The maximum atomic E-state index is 10.7. The van der Waals surface area contributed by atoms with Gasteiger partial charge in [-0.3, -0.25) is 0 Å². The van der Waals surface area contributed by atoms with Crippen molar-refractivity contribution in [2.75, 3.05) is 0 Å². The average Bonchev–Trinajstić information content (AvgIpc) is 2.55. The summed E-state index contributed by atoms with van der Waals surface area (Å²) in [5.74, 6) is 4.76. The summed E-state index contributed by atoms with van der Waals surface area (Å²) in [5, 5.41) is 10.7. The molecule has 0 heterocycles. The monoisotopic (exact) mass is 536 g/mol. The Morgan fingerprint density at radius 2 is 1.41 bits per heavy atom. The molecule has 10 heteroatoms. The predicted octanol–water partition coefficient (Wildman–Crippen LogP) is 1.72. The molecule has 0 amide bonds. The number of benzene rings is 2. The molecule has 2 aromatic carbocycles. The van der Waals surface area contributed by atoms with E-state index in [-0.39, 0.29) is 21.6 Å². The van der Waals surface area contributed by atoms with Crippen molar-refractivity contribution in [3.8, 4) is 0 Å². The Labute approximate surface area is 167 Å². The molecule has 0 atom stereocenters. The first-order valence-electron chi connectivity index (χ1n) is 7.46. The number of aliphatic hydroxyl groups excluding tert-OH is 1. The molecule has 1 N–H and O–H groups in total. The van der Waals surface area contributed by atoms with Crippen LogP contribution >= 0.6 is 0 Å². The van der Waals surface area contributed by atoms with Crippen LogP contribution < -0.4 is 8.92 Å². The summed E-state index contributed by atoms with van der Waals surface area (Å²) in [7, 11) is -6.09. The molecule has 0 bridgehead atoms. The summed E-state index contributed by atoms with van der Waals surface area (Å²) >= 11 is -0.177. The van der Waals surface area contributed by atoms with Gasteiger partial charge in [-0.05, 0) is 0 Å². The van der Waals surface area contributed by atoms with E-state index in [2.05, 4.69) is 48.0 Å². The van der Waals surface area contributed by atoms with Gasteiger partial charge in [-0.15, -0.1) is 0 Å². The van der Waals surface area contributed by atoms with Crippen LogP contribution in [0.25, 0.3) is 0 Å². The minimum atomic E-state index is -6.09.